The van der Waals surface area contributed by atoms with E-state index >= 15 is 0 Å². The molecule has 0 spiro atoms. The van der Waals surface area contributed by atoms with Crippen molar-refractivity contribution in [3.63, 3.8) is 0 Å². The summed E-state index contributed by atoms with van der Waals surface area (Å²) in [6, 6.07) is -0.820. The van der Waals surface area contributed by atoms with E-state index in [0.29, 0.717) is 12.8 Å². The number of amides is 1. The van der Waals surface area contributed by atoms with Crippen molar-refractivity contribution in [2.45, 2.75) is 293 Å². The summed E-state index contributed by atoms with van der Waals surface area (Å²) in [7, 11) is 0. The van der Waals surface area contributed by atoms with Crippen LogP contribution in [0.25, 0.3) is 0 Å². The first-order valence-corrected chi connectivity index (χ1v) is 26.3. The van der Waals surface area contributed by atoms with Gasteiger partial charge in [0.05, 0.1) is 32.0 Å². The van der Waals surface area contributed by atoms with Crippen LogP contribution in [0, 0.1) is 0 Å². The first-order valence-electron chi connectivity index (χ1n) is 26.3. The molecule has 2 fully saturated rings. The molecule has 0 aromatic heterocycles. The summed E-state index contributed by atoms with van der Waals surface area (Å²) in [5.41, 5.74) is 0. The van der Waals surface area contributed by atoms with Crippen LogP contribution in [0.5, 0.6) is 0 Å². The lowest BCUT2D eigenvalue weighted by Crippen LogP contribution is -2.65. The molecule has 2 heterocycles. The lowest BCUT2D eigenvalue weighted by atomic mass is 9.97. The third-order valence-electron chi connectivity index (χ3n) is 13.3. The van der Waals surface area contributed by atoms with Crippen molar-refractivity contribution in [2.75, 3.05) is 19.8 Å². The Morgan fingerprint density at radius 2 is 0.891 bits per heavy atom. The highest BCUT2D eigenvalue weighted by atomic mass is 16.7. The molecule has 14 heteroatoms. The van der Waals surface area contributed by atoms with Gasteiger partial charge in [-0.15, -0.1) is 0 Å². The number of hydrogen-bond acceptors (Lipinski definition) is 13. The average molecular weight is 920 g/mol. The van der Waals surface area contributed by atoms with Gasteiger partial charge in [-0.05, 0) is 12.8 Å². The van der Waals surface area contributed by atoms with Gasteiger partial charge in [0.25, 0.3) is 0 Å². The van der Waals surface area contributed by atoms with Gasteiger partial charge in [0.2, 0.25) is 5.91 Å². The van der Waals surface area contributed by atoms with E-state index < -0.39 is 86.8 Å². The number of nitrogens with one attached hydrogen (secondary N) is 1. The second-order valence-electron chi connectivity index (χ2n) is 19.0. The molecule has 380 valence electrons. The third kappa shape index (κ3) is 24.8. The number of ether oxygens (including phenoxy) is 4. The maximum Gasteiger partial charge on any atom is 0.220 e. The lowest BCUT2D eigenvalue weighted by molar-refractivity contribution is -0.359. The largest absolute Gasteiger partial charge is 0.394 e. The fourth-order valence-electron chi connectivity index (χ4n) is 9.00. The van der Waals surface area contributed by atoms with Gasteiger partial charge in [-0.1, -0.05) is 200 Å². The van der Waals surface area contributed by atoms with Gasteiger partial charge in [-0.3, -0.25) is 4.79 Å². The van der Waals surface area contributed by atoms with E-state index in [-0.39, 0.29) is 12.5 Å². The maximum absolute atomic E-state index is 13.2. The summed E-state index contributed by atoms with van der Waals surface area (Å²) in [5.74, 6) is -0.204. The number of unbranched alkanes of at least 4 members (excludes halogenated alkanes) is 28. The highest BCUT2D eigenvalue weighted by molar-refractivity contribution is 5.76. The van der Waals surface area contributed by atoms with Crippen molar-refractivity contribution >= 4 is 5.91 Å². The molecule has 0 aromatic rings. The van der Waals surface area contributed by atoms with Crippen LogP contribution in [0.1, 0.15) is 219 Å². The molecule has 0 aromatic carbocycles. The lowest BCUT2D eigenvalue weighted by Gasteiger charge is -2.46. The minimum Gasteiger partial charge on any atom is -0.394 e. The predicted molar refractivity (Wildman–Crippen MR) is 249 cm³/mol. The maximum atomic E-state index is 13.2. The van der Waals surface area contributed by atoms with E-state index in [4.69, 9.17) is 18.9 Å². The minimum absolute atomic E-state index is 0.204. The topological polar surface area (TPSA) is 228 Å². The molecule has 12 atom stereocenters. The highest BCUT2D eigenvalue weighted by Crippen LogP contribution is 2.30. The summed E-state index contributed by atoms with van der Waals surface area (Å²) in [4.78, 5) is 13.2. The smallest absolute Gasteiger partial charge is 0.220 e. The number of aliphatic hydroxyl groups excluding tert-OH is 8. The van der Waals surface area contributed by atoms with E-state index in [2.05, 4.69) is 19.2 Å². The van der Waals surface area contributed by atoms with Crippen LogP contribution < -0.4 is 5.32 Å². The van der Waals surface area contributed by atoms with Gasteiger partial charge in [0.1, 0.15) is 48.8 Å². The molecule has 2 rings (SSSR count). The molecule has 0 bridgehead atoms. The molecule has 2 aliphatic rings. The van der Waals surface area contributed by atoms with Gasteiger partial charge in [-0.2, -0.15) is 0 Å². The monoisotopic (exact) mass is 920 g/mol. The Bertz CT molecular complexity index is 1090. The Labute approximate surface area is 387 Å². The van der Waals surface area contributed by atoms with Crippen LogP contribution in [-0.4, -0.2) is 140 Å². The Balaban J connectivity index is 1.78. The molecule has 64 heavy (non-hydrogen) atoms. The minimum atomic E-state index is -1.78. The Morgan fingerprint density at radius 1 is 0.500 bits per heavy atom. The zero-order valence-electron chi connectivity index (χ0n) is 40.3. The number of carbonyl (C=O) groups excluding carboxylic acids is 1. The van der Waals surface area contributed by atoms with Gasteiger partial charge < -0.3 is 65.1 Å². The SMILES string of the molecule is CCCCCCCCCCCCCCCCCCCCCC(=O)N[C@@H](CO[C@@H]1O[C@H](CO)[C@@H](O[C@@H]2O[C@H](CO)[C@H](O)C(O)C2O)C(O)C1O)[C@H](O)CCCCCCCCCCCCC. The van der Waals surface area contributed by atoms with E-state index in [0.717, 1.165) is 51.4 Å². The Kier molecular flexibility index (Phi) is 35.0. The molecular formula is C50H97NO13. The Hall–Kier alpha value is -1.01. The second kappa shape index (κ2) is 37.9. The van der Waals surface area contributed by atoms with Gasteiger partial charge >= 0.3 is 0 Å². The quantitative estimate of drug-likeness (QED) is 0.0282. The number of aliphatic hydroxyl groups is 8. The second-order valence-corrected chi connectivity index (χ2v) is 19.0. The van der Waals surface area contributed by atoms with Crippen molar-refractivity contribution in [1.29, 1.82) is 0 Å². The van der Waals surface area contributed by atoms with Gasteiger partial charge in [0.15, 0.2) is 12.6 Å². The first kappa shape index (κ1) is 59.1. The average Bonchev–Trinajstić information content (AvgIpc) is 3.29. The summed E-state index contributed by atoms with van der Waals surface area (Å²) in [5, 5.41) is 86.8. The normalized spacial score (nSPS) is 27.2. The van der Waals surface area contributed by atoms with E-state index in [1.54, 1.807) is 0 Å². The van der Waals surface area contributed by atoms with Crippen LogP contribution >= 0.6 is 0 Å². The molecule has 1 amide bonds. The zero-order chi connectivity index (χ0) is 46.8. The number of rotatable bonds is 41. The molecule has 9 N–H and O–H groups in total. The molecule has 2 saturated heterocycles. The van der Waals surface area contributed by atoms with Crippen LogP contribution in [0.15, 0.2) is 0 Å². The standard InChI is InChI=1S/C50H97NO13/c1-3-5-7-9-11-13-15-16-17-18-19-20-21-22-24-26-28-30-32-34-42(55)51-38(39(54)33-31-29-27-25-23-14-12-10-8-6-4-2)37-61-49-47(60)45(58)48(41(36-53)63-49)64-50-46(59)44(57)43(56)40(35-52)62-50/h38-41,43-50,52-54,56-60H,3-37H2,1-2H3,(H,51,55)/t38-,39+,40+,41+,43-,44?,45?,46?,47?,48+,49+,50-/m0/s1. The van der Waals surface area contributed by atoms with Crippen molar-refractivity contribution < 1.29 is 64.6 Å². The first-order chi connectivity index (χ1) is 31.1. The van der Waals surface area contributed by atoms with E-state index in [1.807, 2.05) is 0 Å². The fourth-order valence-corrected chi connectivity index (χ4v) is 9.00. The molecule has 2 aliphatic heterocycles. The van der Waals surface area contributed by atoms with Crippen molar-refractivity contribution in [3.8, 4) is 0 Å². The Morgan fingerprint density at radius 3 is 1.33 bits per heavy atom. The summed E-state index contributed by atoms with van der Waals surface area (Å²) < 4.78 is 22.7. The molecule has 4 unspecified atom stereocenters. The zero-order valence-corrected chi connectivity index (χ0v) is 40.3. The summed E-state index contributed by atoms with van der Waals surface area (Å²) in [6.45, 7) is 2.85. The third-order valence-corrected chi connectivity index (χ3v) is 13.3. The van der Waals surface area contributed by atoms with Crippen LogP contribution in [0.3, 0.4) is 0 Å². The van der Waals surface area contributed by atoms with Crippen LogP contribution in [-0.2, 0) is 23.7 Å². The number of hydrogen-bond donors (Lipinski definition) is 9. The molecular weight excluding hydrogens is 823 g/mol. The molecule has 0 saturated carbocycles. The molecule has 0 radical (unpaired) electrons. The predicted octanol–water partition coefficient (Wildman–Crippen LogP) is 7.00. The van der Waals surface area contributed by atoms with Crippen molar-refractivity contribution in [3.05, 3.63) is 0 Å². The van der Waals surface area contributed by atoms with Crippen molar-refractivity contribution in [1.82, 2.24) is 5.32 Å². The fraction of sp³-hybridized carbons (Fsp3) is 0.980. The van der Waals surface area contributed by atoms with E-state index in [1.165, 1.54) is 141 Å². The van der Waals surface area contributed by atoms with Gasteiger partial charge in [0, 0.05) is 6.42 Å². The van der Waals surface area contributed by atoms with Crippen LogP contribution in [0.4, 0.5) is 0 Å². The molecule has 0 aliphatic carbocycles. The highest BCUT2D eigenvalue weighted by Gasteiger charge is 2.51. The molecule has 14 nitrogen and oxygen atoms in total. The number of carbonyl (C=O) groups is 1. The summed E-state index contributed by atoms with van der Waals surface area (Å²) >= 11 is 0. The van der Waals surface area contributed by atoms with Gasteiger partial charge in [-0.25, -0.2) is 0 Å². The van der Waals surface area contributed by atoms with E-state index in [9.17, 15) is 45.6 Å². The van der Waals surface area contributed by atoms with Crippen molar-refractivity contribution in [2.24, 2.45) is 0 Å². The van der Waals surface area contributed by atoms with Crippen LogP contribution in [0.2, 0.25) is 0 Å². The summed E-state index contributed by atoms with van der Waals surface area (Å²) in [6.07, 6.45) is 21.1.